The van der Waals surface area contributed by atoms with E-state index in [1.54, 1.807) is 43.5 Å². The topological polar surface area (TPSA) is 66.0 Å². The highest BCUT2D eigenvalue weighted by Gasteiger charge is 2.16. The van der Waals surface area contributed by atoms with Gasteiger partial charge in [-0.1, -0.05) is 54.1 Å². The predicted octanol–water partition coefficient (Wildman–Crippen LogP) is 6.98. The number of anilines is 1. The number of hydrogen-bond donors (Lipinski definition) is 1. The van der Waals surface area contributed by atoms with Crippen LogP contribution in [0.4, 0.5) is 5.69 Å². The van der Waals surface area contributed by atoms with E-state index in [2.05, 4.69) is 5.32 Å². The lowest BCUT2D eigenvalue weighted by Gasteiger charge is -2.14. The number of carbonyl (C=O) groups is 1. The molecule has 0 bridgehead atoms. The Morgan fingerprint density at radius 3 is 2.14 bits per heavy atom. The molecule has 0 saturated carbocycles. The van der Waals surface area contributed by atoms with Crippen LogP contribution in [0.1, 0.15) is 15.9 Å². The number of para-hydroxylation sites is 2. The van der Waals surface area contributed by atoms with Gasteiger partial charge >= 0.3 is 0 Å². The van der Waals surface area contributed by atoms with Crippen molar-refractivity contribution in [1.29, 1.82) is 0 Å². The van der Waals surface area contributed by atoms with Gasteiger partial charge in [-0.2, -0.15) is 0 Å². The van der Waals surface area contributed by atoms with Gasteiger partial charge in [0.15, 0.2) is 23.0 Å². The molecular weight excluding hydrogens is 466 g/mol. The molecule has 1 amide bonds. The van der Waals surface area contributed by atoms with Crippen molar-refractivity contribution in [3.05, 3.63) is 107 Å². The first kappa shape index (κ1) is 24.0. The van der Waals surface area contributed by atoms with Crippen LogP contribution in [0.3, 0.4) is 0 Å². The van der Waals surface area contributed by atoms with Gasteiger partial charge in [0, 0.05) is 11.3 Å². The maximum atomic E-state index is 12.9. The van der Waals surface area contributed by atoms with Crippen molar-refractivity contribution in [2.75, 3.05) is 19.5 Å². The summed E-state index contributed by atoms with van der Waals surface area (Å²) in [7, 11) is 3.09. The van der Waals surface area contributed by atoms with E-state index in [1.807, 2.05) is 54.6 Å². The van der Waals surface area contributed by atoms with Crippen LogP contribution < -0.4 is 24.3 Å². The average molecular weight is 490 g/mol. The van der Waals surface area contributed by atoms with Crippen LogP contribution in [0.2, 0.25) is 5.02 Å². The van der Waals surface area contributed by atoms with Crippen LogP contribution in [0.5, 0.6) is 28.7 Å². The monoisotopic (exact) mass is 489 g/mol. The molecule has 178 valence electrons. The number of halogens is 1. The fourth-order valence-electron chi connectivity index (χ4n) is 3.36. The molecule has 0 aliphatic carbocycles. The van der Waals surface area contributed by atoms with Gasteiger partial charge in [-0.3, -0.25) is 4.79 Å². The summed E-state index contributed by atoms with van der Waals surface area (Å²) in [6, 6.07) is 27.3. The minimum absolute atomic E-state index is 0.283. The van der Waals surface area contributed by atoms with E-state index in [0.29, 0.717) is 46.6 Å². The first-order valence-electron chi connectivity index (χ1n) is 10.8. The first-order chi connectivity index (χ1) is 17.1. The molecule has 0 spiro atoms. The Bertz CT molecular complexity index is 1290. The molecule has 0 aliphatic rings. The molecule has 4 aromatic rings. The molecule has 7 heteroatoms. The molecule has 4 aromatic carbocycles. The van der Waals surface area contributed by atoms with Crippen LogP contribution in [-0.2, 0) is 6.61 Å². The summed E-state index contributed by atoms with van der Waals surface area (Å²) in [5.74, 6) is 2.26. The second-order valence-corrected chi connectivity index (χ2v) is 7.90. The normalized spacial score (nSPS) is 10.4. The number of hydrogen-bond acceptors (Lipinski definition) is 5. The fourth-order valence-corrected chi connectivity index (χ4v) is 3.63. The van der Waals surface area contributed by atoms with Crippen LogP contribution in [-0.4, -0.2) is 20.1 Å². The number of methoxy groups -OCH3 is 2. The van der Waals surface area contributed by atoms with Crippen LogP contribution in [0.25, 0.3) is 0 Å². The average Bonchev–Trinajstić information content (AvgIpc) is 2.89. The van der Waals surface area contributed by atoms with Gasteiger partial charge in [-0.25, -0.2) is 0 Å². The first-order valence-corrected chi connectivity index (χ1v) is 11.2. The van der Waals surface area contributed by atoms with Crippen molar-refractivity contribution in [1.82, 2.24) is 0 Å². The highest BCUT2D eigenvalue weighted by atomic mass is 35.5. The molecule has 0 unspecified atom stereocenters. The second kappa shape index (κ2) is 11.3. The number of nitrogens with one attached hydrogen (secondary N) is 1. The van der Waals surface area contributed by atoms with Gasteiger partial charge in [0.25, 0.3) is 5.91 Å². The number of benzene rings is 4. The summed E-state index contributed by atoms with van der Waals surface area (Å²) in [5, 5.41) is 3.14. The molecule has 35 heavy (non-hydrogen) atoms. The minimum atomic E-state index is -0.335. The van der Waals surface area contributed by atoms with Crippen molar-refractivity contribution in [3.8, 4) is 28.7 Å². The van der Waals surface area contributed by atoms with Gasteiger partial charge in [0.05, 0.1) is 19.2 Å². The van der Waals surface area contributed by atoms with Crippen LogP contribution in [0.15, 0.2) is 91.0 Å². The van der Waals surface area contributed by atoms with Crippen molar-refractivity contribution in [2.24, 2.45) is 0 Å². The molecule has 4 rings (SSSR count). The zero-order valence-electron chi connectivity index (χ0n) is 19.3. The quantitative estimate of drug-likeness (QED) is 0.274. The van der Waals surface area contributed by atoms with E-state index < -0.39 is 0 Å². The molecule has 0 heterocycles. The third-order valence-corrected chi connectivity index (χ3v) is 5.41. The Balaban J connectivity index is 1.44. The molecule has 6 nitrogen and oxygen atoms in total. The Hall–Kier alpha value is -4.16. The van der Waals surface area contributed by atoms with Gasteiger partial charge in [-0.15, -0.1) is 0 Å². The lowest BCUT2D eigenvalue weighted by Crippen LogP contribution is -2.12. The standard InChI is InChI=1S/C28H24ClNO5/c1-32-24-10-6-7-11-25(24)35-22-14-12-21(13-15-22)30-28(31)20-16-23(29)27(26(17-20)33-2)34-18-19-8-4-3-5-9-19/h3-17H,18H2,1-2H3,(H,30,31). The summed E-state index contributed by atoms with van der Waals surface area (Å²) in [6.07, 6.45) is 0. The van der Waals surface area contributed by atoms with Crippen molar-refractivity contribution < 1.29 is 23.7 Å². The third-order valence-electron chi connectivity index (χ3n) is 5.13. The van der Waals surface area contributed by atoms with Crippen LogP contribution >= 0.6 is 11.6 Å². The molecule has 0 aromatic heterocycles. The number of carbonyl (C=O) groups excluding carboxylic acids is 1. The summed E-state index contributed by atoms with van der Waals surface area (Å²) in [5.41, 5.74) is 1.93. The number of ether oxygens (including phenoxy) is 4. The zero-order chi connectivity index (χ0) is 24.6. The largest absolute Gasteiger partial charge is 0.493 e. The molecule has 0 aliphatic heterocycles. The lowest BCUT2D eigenvalue weighted by molar-refractivity contribution is 0.102. The number of amides is 1. The molecule has 0 atom stereocenters. The second-order valence-electron chi connectivity index (χ2n) is 7.50. The van der Waals surface area contributed by atoms with Crippen molar-refractivity contribution >= 4 is 23.2 Å². The van der Waals surface area contributed by atoms with E-state index in [1.165, 1.54) is 7.11 Å². The maximum absolute atomic E-state index is 12.9. The fraction of sp³-hybridized carbons (Fsp3) is 0.107. The van der Waals surface area contributed by atoms with Crippen molar-refractivity contribution in [2.45, 2.75) is 6.61 Å². The Morgan fingerprint density at radius 2 is 1.46 bits per heavy atom. The van der Waals surface area contributed by atoms with Crippen LogP contribution in [0, 0.1) is 0 Å². The zero-order valence-corrected chi connectivity index (χ0v) is 20.0. The van der Waals surface area contributed by atoms with E-state index in [-0.39, 0.29) is 10.9 Å². The van der Waals surface area contributed by atoms with E-state index >= 15 is 0 Å². The van der Waals surface area contributed by atoms with E-state index in [0.717, 1.165) is 5.56 Å². The highest BCUT2D eigenvalue weighted by Crippen LogP contribution is 2.37. The summed E-state index contributed by atoms with van der Waals surface area (Å²) in [4.78, 5) is 12.9. The predicted molar refractivity (Wildman–Crippen MR) is 136 cm³/mol. The Morgan fingerprint density at radius 1 is 0.800 bits per heavy atom. The van der Waals surface area contributed by atoms with Gasteiger partial charge in [0.2, 0.25) is 0 Å². The molecule has 0 saturated heterocycles. The highest BCUT2D eigenvalue weighted by molar-refractivity contribution is 6.32. The molecule has 0 fully saturated rings. The Labute approximate surface area is 209 Å². The van der Waals surface area contributed by atoms with E-state index in [4.69, 9.17) is 30.5 Å². The SMILES string of the molecule is COc1ccccc1Oc1ccc(NC(=O)c2cc(Cl)c(OCc3ccccc3)c(OC)c2)cc1. The van der Waals surface area contributed by atoms with Gasteiger partial charge < -0.3 is 24.3 Å². The van der Waals surface area contributed by atoms with E-state index in [9.17, 15) is 4.79 Å². The summed E-state index contributed by atoms with van der Waals surface area (Å²) >= 11 is 6.44. The number of rotatable bonds is 9. The lowest BCUT2D eigenvalue weighted by atomic mass is 10.1. The molecule has 0 radical (unpaired) electrons. The van der Waals surface area contributed by atoms with Crippen molar-refractivity contribution in [3.63, 3.8) is 0 Å². The summed E-state index contributed by atoms with van der Waals surface area (Å²) in [6.45, 7) is 0.325. The third kappa shape index (κ3) is 6.05. The maximum Gasteiger partial charge on any atom is 0.255 e. The van der Waals surface area contributed by atoms with Gasteiger partial charge in [0.1, 0.15) is 12.4 Å². The molecular formula is C28H24ClNO5. The Kier molecular flexibility index (Phi) is 7.75. The summed E-state index contributed by atoms with van der Waals surface area (Å²) < 4.78 is 22.5. The van der Waals surface area contributed by atoms with Gasteiger partial charge in [-0.05, 0) is 54.1 Å². The molecule has 1 N–H and O–H groups in total. The minimum Gasteiger partial charge on any atom is -0.493 e. The smallest absolute Gasteiger partial charge is 0.255 e.